The fourth-order valence-corrected chi connectivity index (χ4v) is 4.14. The minimum atomic E-state index is -3.43. The normalized spacial score (nSPS) is 11.7. The van der Waals surface area contributed by atoms with Gasteiger partial charge in [0.2, 0.25) is 15.9 Å². The summed E-state index contributed by atoms with van der Waals surface area (Å²) in [6.07, 6.45) is 0.177. The fraction of sp³-hybridized carbons (Fsp3) is 0.444. The molecule has 0 atom stereocenters. The molecule has 0 spiro atoms. The summed E-state index contributed by atoms with van der Waals surface area (Å²) in [5.41, 5.74) is 2.91. The van der Waals surface area contributed by atoms with Gasteiger partial charge >= 0.3 is 0 Å². The summed E-state index contributed by atoms with van der Waals surface area (Å²) in [6.45, 7) is 7.37. The molecule has 0 saturated carbocycles. The highest BCUT2D eigenvalue weighted by Crippen LogP contribution is 2.14. The molecule has 142 valence electrons. The van der Waals surface area contributed by atoms with Gasteiger partial charge in [0.1, 0.15) is 5.76 Å². The van der Waals surface area contributed by atoms with Crippen molar-refractivity contribution < 1.29 is 17.7 Å². The van der Waals surface area contributed by atoms with Gasteiger partial charge in [-0.2, -0.15) is 0 Å². The molecule has 8 heteroatoms. The molecule has 2 aromatic rings. The van der Waals surface area contributed by atoms with E-state index in [9.17, 15) is 13.2 Å². The third kappa shape index (κ3) is 5.67. The summed E-state index contributed by atoms with van der Waals surface area (Å²) < 4.78 is 32.0. The van der Waals surface area contributed by atoms with Crippen molar-refractivity contribution in [3.8, 4) is 0 Å². The highest BCUT2D eigenvalue weighted by molar-refractivity contribution is 7.88. The van der Waals surface area contributed by atoms with Crippen LogP contribution in [-0.4, -0.2) is 25.5 Å². The lowest BCUT2D eigenvalue weighted by atomic mass is 10.1. The molecule has 2 N–H and O–H groups in total. The first-order chi connectivity index (χ1) is 12.2. The van der Waals surface area contributed by atoms with Gasteiger partial charge in [-0.1, -0.05) is 29.4 Å². The van der Waals surface area contributed by atoms with Crippen LogP contribution in [0.4, 0.5) is 0 Å². The first-order valence-electron chi connectivity index (χ1n) is 8.43. The summed E-state index contributed by atoms with van der Waals surface area (Å²) in [7, 11) is -3.43. The quantitative estimate of drug-likeness (QED) is 0.730. The van der Waals surface area contributed by atoms with Gasteiger partial charge in [-0.3, -0.25) is 4.79 Å². The maximum Gasteiger partial charge on any atom is 0.224 e. The van der Waals surface area contributed by atoms with Gasteiger partial charge in [-0.25, -0.2) is 13.1 Å². The number of amides is 1. The Balaban J connectivity index is 2.03. The van der Waals surface area contributed by atoms with E-state index in [4.69, 9.17) is 4.52 Å². The first-order valence-corrected chi connectivity index (χ1v) is 10.1. The molecule has 0 fully saturated rings. The Morgan fingerprint density at radius 2 is 1.85 bits per heavy atom. The molecular weight excluding hydrogens is 354 g/mol. The molecule has 1 heterocycles. The van der Waals surface area contributed by atoms with Crippen LogP contribution in [0.3, 0.4) is 0 Å². The fourth-order valence-electron chi connectivity index (χ4n) is 2.65. The SMILES string of the molecule is Cc1noc(C)c1CC(=O)NCc1ccccc1CS(=O)(=O)NC(C)C. The number of nitrogens with zero attached hydrogens (tertiary/aromatic N) is 1. The lowest BCUT2D eigenvalue weighted by molar-refractivity contribution is -0.120. The molecule has 1 aromatic heterocycles. The van der Waals surface area contributed by atoms with Gasteiger partial charge in [0.05, 0.1) is 17.9 Å². The van der Waals surface area contributed by atoms with Crippen LogP contribution in [0.1, 0.15) is 42.0 Å². The van der Waals surface area contributed by atoms with Crippen LogP contribution in [0.25, 0.3) is 0 Å². The second kappa shape index (κ2) is 8.46. The highest BCUT2D eigenvalue weighted by Gasteiger charge is 2.17. The molecule has 1 amide bonds. The Bertz CT molecular complexity index is 853. The molecule has 0 bridgehead atoms. The zero-order chi connectivity index (χ0) is 19.3. The van der Waals surface area contributed by atoms with Crippen LogP contribution >= 0.6 is 0 Å². The summed E-state index contributed by atoms with van der Waals surface area (Å²) in [6, 6.07) is 7.02. The monoisotopic (exact) mass is 379 g/mol. The molecular formula is C18H25N3O4S. The number of benzene rings is 1. The van der Waals surface area contributed by atoms with Gasteiger partial charge in [-0.15, -0.1) is 0 Å². The van der Waals surface area contributed by atoms with Crippen LogP contribution < -0.4 is 10.0 Å². The molecule has 0 aliphatic heterocycles. The molecule has 1 aromatic carbocycles. The van der Waals surface area contributed by atoms with E-state index in [2.05, 4.69) is 15.2 Å². The number of carbonyl (C=O) groups excluding carboxylic acids is 1. The summed E-state index contributed by atoms with van der Waals surface area (Å²) in [5, 5.41) is 6.67. The van der Waals surface area contributed by atoms with Crippen molar-refractivity contribution in [3.63, 3.8) is 0 Å². The highest BCUT2D eigenvalue weighted by atomic mass is 32.2. The van der Waals surface area contributed by atoms with E-state index in [1.807, 2.05) is 12.1 Å². The van der Waals surface area contributed by atoms with E-state index in [-0.39, 0.29) is 30.7 Å². The van der Waals surface area contributed by atoms with E-state index in [0.717, 1.165) is 11.1 Å². The number of hydrogen-bond donors (Lipinski definition) is 2. The Morgan fingerprint density at radius 3 is 2.42 bits per heavy atom. The van der Waals surface area contributed by atoms with Crippen molar-refractivity contribution in [2.24, 2.45) is 0 Å². The lowest BCUT2D eigenvalue weighted by Crippen LogP contribution is -2.32. The minimum Gasteiger partial charge on any atom is -0.361 e. The van der Waals surface area contributed by atoms with Crippen LogP contribution in [0, 0.1) is 13.8 Å². The second-order valence-corrected chi connectivity index (χ2v) is 8.31. The van der Waals surface area contributed by atoms with Crippen molar-refractivity contribution in [1.29, 1.82) is 0 Å². The van der Waals surface area contributed by atoms with E-state index < -0.39 is 10.0 Å². The maximum absolute atomic E-state index is 12.2. The third-order valence-electron chi connectivity index (χ3n) is 3.87. The summed E-state index contributed by atoms with van der Waals surface area (Å²) in [5.74, 6) is 0.336. The van der Waals surface area contributed by atoms with Crippen LogP contribution in [0.2, 0.25) is 0 Å². The molecule has 0 radical (unpaired) electrons. The molecule has 0 saturated heterocycles. The van der Waals surface area contributed by atoms with Crippen LogP contribution in [0.5, 0.6) is 0 Å². The second-order valence-electron chi connectivity index (χ2n) is 6.56. The zero-order valence-electron chi connectivity index (χ0n) is 15.5. The Hall–Kier alpha value is -2.19. The van der Waals surface area contributed by atoms with Gasteiger partial charge in [-0.05, 0) is 38.8 Å². The average Bonchev–Trinajstić information content (AvgIpc) is 2.84. The topological polar surface area (TPSA) is 101 Å². The third-order valence-corrected chi connectivity index (χ3v) is 5.40. The Labute approximate surface area is 154 Å². The first kappa shape index (κ1) is 20.1. The number of aryl methyl sites for hydroxylation is 2. The average molecular weight is 379 g/mol. The van der Waals surface area contributed by atoms with E-state index >= 15 is 0 Å². The minimum absolute atomic E-state index is 0.124. The molecule has 0 aliphatic carbocycles. The lowest BCUT2D eigenvalue weighted by Gasteiger charge is -2.13. The van der Waals surface area contributed by atoms with Gasteiger partial charge in [0.15, 0.2) is 0 Å². The summed E-state index contributed by atoms with van der Waals surface area (Å²) >= 11 is 0. The molecule has 7 nitrogen and oxygen atoms in total. The molecule has 0 aliphatic rings. The zero-order valence-corrected chi connectivity index (χ0v) is 16.3. The smallest absolute Gasteiger partial charge is 0.224 e. The Morgan fingerprint density at radius 1 is 1.19 bits per heavy atom. The number of carbonyl (C=O) groups is 1. The van der Waals surface area contributed by atoms with Crippen LogP contribution in [-0.2, 0) is 33.5 Å². The number of aromatic nitrogens is 1. The van der Waals surface area contributed by atoms with Crippen molar-refractivity contribution in [3.05, 3.63) is 52.4 Å². The van der Waals surface area contributed by atoms with E-state index in [0.29, 0.717) is 17.0 Å². The van der Waals surface area contributed by atoms with Crippen molar-refractivity contribution in [2.45, 2.75) is 52.5 Å². The maximum atomic E-state index is 12.2. The molecule has 2 rings (SSSR count). The molecule has 26 heavy (non-hydrogen) atoms. The molecule has 0 unspecified atom stereocenters. The predicted octanol–water partition coefficient (Wildman–Crippen LogP) is 1.98. The van der Waals surface area contributed by atoms with Crippen molar-refractivity contribution in [2.75, 3.05) is 0 Å². The van der Waals surface area contributed by atoms with Crippen molar-refractivity contribution in [1.82, 2.24) is 15.2 Å². The van der Waals surface area contributed by atoms with Gasteiger partial charge < -0.3 is 9.84 Å². The number of hydrogen-bond acceptors (Lipinski definition) is 5. The summed E-state index contributed by atoms with van der Waals surface area (Å²) in [4.78, 5) is 12.2. The van der Waals surface area contributed by atoms with E-state index in [1.165, 1.54) is 0 Å². The van der Waals surface area contributed by atoms with Gasteiger partial charge in [0.25, 0.3) is 0 Å². The number of sulfonamides is 1. The number of rotatable bonds is 8. The van der Waals surface area contributed by atoms with Crippen molar-refractivity contribution >= 4 is 15.9 Å². The Kier molecular flexibility index (Phi) is 6.55. The van der Waals surface area contributed by atoms with Crippen LogP contribution in [0.15, 0.2) is 28.8 Å². The number of nitrogens with one attached hydrogen (secondary N) is 2. The van der Waals surface area contributed by atoms with Gasteiger partial charge in [0, 0.05) is 18.2 Å². The predicted molar refractivity (Wildman–Crippen MR) is 98.9 cm³/mol. The largest absolute Gasteiger partial charge is 0.361 e. The standard InChI is InChI=1S/C18H25N3O4S/c1-12(2)21-26(23,24)11-16-8-6-5-7-15(16)10-19-18(22)9-17-13(3)20-25-14(17)4/h5-8,12,21H,9-11H2,1-4H3,(H,19,22). The van der Waals surface area contributed by atoms with E-state index in [1.54, 1.807) is 39.8 Å².